The lowest BCUT2D eigenvalue weighted by molar-refractivity contribution is -0.144. The molecule has 10 nitrogen and oxygen atoms in total. The third kappa shape index (κ3) is 6.26. The molecule has 41 heavy (non-hydrogen) atoms. The highest BCUT2D eigenvalue weighted by molar-refractivity contribution is 6.37. The lowest BCUT2D eigenvalue weighted by atomic mass is 9.82. The standard InChI is InChI=1S/C31H48N4O6/c1-30(2,3)41-29(40)34-23(19-13-17-8-6-7-9-18(17)14-19)28(39)35-15-20-22(31(20,4)5)24(35)27(38)33-21(12-16-10-11-16)25(36)26(32)37/h16-24H,6-15H2,1-5H3,(H2,32,37)(H,33,38)(H,34,40)/t17?,18?,19?,20?,21?,22?,23-,24-/m0/s1. The van der Waals surface area contributed by atoms with E-state index in [2.05, 4.69) is 24.5 Å². The van der Waals surface area contributed by atoms with Crippen LogP contribution in [0.2, 0.25) is 0 Å². The average Bonchev–Trinajstić information content (AvgIpc) is 3.63. The van der Waals surface area contributed by atoms with Gasteiger partial charge in [-0.2, -0.15) is 0 Å². The highest BCUT2D eigenvalue weighted by atomic mass is 16.6. The third-order valence-electron chi connectivity index (χ3n) is 10.6. The molecule has 0 bridgehead atoms. The molecule has 1 saturated heterocycles. The Morgan fingerprint density at radius 3 is 2.12 bits per heavy atom. The molecule has 0 aromatic heterocycles. The average molecular weight is 573 g/mol. The van der Waals surface area contributed by atoms with Gasteiger partial charge in [-0.15, -0.1) is 0 Å². The molecule has 5 fully saturated rings. The van der Waals surface area contributed by atoms with Gasteiger partial charge in [0.2, 0.25) is 17.6 Å². The number of alkyl carbamates (subject to hydrolysis) is 1. The Morgan fingerprint density at radius 1 is 0.976 bits per heavy atom. The van der Waals surface area contributed by atoms with Gasteiger partial charge in [-0.3, -0.25) is 19.2 Å². The summed E-state index contributed by atoms with van der Waals surface area (Å²) in [5.41, 5.74) is 4.46. The Labute approximate surface area is 243 Å². The molecule has 228 valence electrons. The van der Waals surface area contributed by atoms with Gasteiger partial charge < -0.3 is 26.0 Å². The number of Topliss-reactive ketones (excluding diaryl/α,β-unsaturated/α-hetero) is 1. The van der Waals surface area contributed by atoms with Gasteiger partial charge in [0.15, 0.2) is 0 Å². The van der Waals surface area contributed by atoms with E-state index in [1.165, 1.54) is 12.8 Å². The first-order chi connectivity index (χ1) is 19.2. The maximum absolute atomic E-state index is 14.4. The number of ether oxygens (including phenoxy) is 1. The van der Waals surface area contributed by atoms with E-state index in [4.69, 9.17) is 10.5 Å². The Balaban J connectivity index is 1.38. The zero-order chi connectivity index (χ0) is 29.9. The van der Waals surface area contributed by atoms with Crippen molar-refractivity contribution in [2.45, 2.75) is 116 Å². The molecule has 5 aliphatic rings. The number of carbonyl (C=O) groups is 5. The summed E-state index contributed by atoms with van der Waals surface area (Å²) in [6.07, 6.45) is 8.09. The van der Waals surface area contributed by atoms with E-state index >= 15 is 0 Å². The molecule has 0 radical (unpaired) electrons. The Kier molecular flexibility index (Phi) is 7.92. The molecule has 0 aromatic carbocycles. The number of hydrogen-bond acceptors (Lipinski definition) is 6. The van der Waals surface area contributed by atoms with E-state index in [9.17, 15) is 24.0 Å². The van der Waals surface area contributed by atoms with Crippen molar-refractivity contribution in [2.75, 3.05) is 6.54 Å². The number of nitrogens with zero attached hydrogens (tertiary/aromatic N) is 1. The first-order valence-electron chi connectivity index (χ1n) is 15.6. The van der Waals surface area contributed by atoms with Crippen LogP contribution in [0.15, 0.2) is 0 Å². The minimum absolute atomic E-state index is 0.0316. The van der Waals surface area contributed by atoms with Crippen molar-refractivity contribution in [3.63, 3.8) is 0 Å². The largest absolute Gasteiger partial charge is 0.444 e. The molecule has 1 heterocycles. The molecule has 0 spiro atoms. The summed E-state index contributed by atoms with van der Waals surface area (Å²) >= 11 is 0. The van der Waals surface area contributed by atoms with Crippen LogP contribution in [0.3, 0.4) is 0 Å². The molecule has 10 heteroatoms. The predicted molar refractivity (Wildman–Crippen MR) is 151 cm³/mol. The zero-order valence-electron chi connectivity index (χ0n) is 25.2. The topological polar surface area (TPSA) is 148 Å². The molecular weight excluding hydrogens is 524 g/mol. The lowest BCUT2D eigenvalue weighted by Crippen LogP contribution is -2.59. The number of primary amides is 1. The van der Waals surface area contributed by atoms with Crippen molar-refractivity contribution in [3.05, 3.63) is 0 Å². The van der Waals surface area contributed by atoms with Crippen molar-refractivity contribution >= 4 is 29.6 Å². The molecule has 4 amide bonds. The summed E-state index contributed by atoms with van der Waals surface area (Å²) in [7, 11) is 0. The van der Waals surface area contributed by atoms with Crippen LogP contribution in [0.1, 0.15) is 92.4 Å². The second kappa shape index (κ2) is 10.9. The van der Waals surface area contributed by atoms with Crippen molar-refractivity contribution in [2.24, 2.45) is 46.7 Å². The predicted octanol–water partition coefficient (Wildman–Crippen LogP) is 2.92. The monoisotopic (exact) mass is 572 g/mol. The van der Waals surface area contributed by atoms with Crippen LogP contribution >= 0.6 is 0 Å². The van der Waals surface area contributed by atoms with Crippen molar-refractivity contribution < 1.29 is 28.7 Å². The molecule has 5 unspecified atom stereocenters. The van der Waals surface area contributed by atoms with E-state index in [-0.39, 0.29) is 35.0 Å². The normalized spacial score (nSPS) is 33.1. The third-order valence-corrected chi connectivity index (χ3v) is 10.6. The van der Waals surface area contributed by atoms with Gasteiger partial charge in [-0.1, -0.05) is 52.4 Å². The van der Waals surface area contributed by atoms with E-state index < -0.39 is 47.4 Å². The fourth-order valence-corrected chi connectivity index (χ4v) is 8.21. The first kappa shape index (κ1) is 29.8. The van der Waals surface area contributed by atoms with E-state index in [0.29, 0.717) is 24.8 Å². The van der Waals surface area contributed by atoms with Crippen LogP contribution in [0.4, 0.5) is 4.79 Å². The fourth-order valence-electron chi connectivity index (χ4n) is 8.21. The Hall–Kier alpha value is -2.65. The molecule has 5 rings (SSSR count). The minimum Gasteiger partial charge on any atom is -0.444 e. The summed E-state index contributed by atoms with van der Waals surface area (Å²) in [5, 5.41) is 5.74. The summed E-state index contributed by atoms with van der Waals surface area (Å²) < 4.78 is 5.56. The van der Waals surface area contributed by atoms with Crippen LogP contribution in [-0.4, -0.2) is 64.8 Å². The van der Waals surface area contributed by atoms with Gasteiger partial charge in [-0.05, 0) is 81.0 Å². The van der Waals surface area contributed by atoms with Crippen molar-refractivity contribution in [1.29, 1.82) is 0 Å². The number of carbonyl (C=O) groups excluding carboxylic acids is 5. The number of nitrogens with two attached hydrogens (primary N) is 1. The van der Waals surface area contributed by atoms with Gasteiger partial charge in [-0.25, -0.2) is 4.79 Å². The maximum Gasteiger partial charge on any atom is 0.408 e. The number of amides is 4. The maximum atomic E-state index is 14.4. The number of rotatable bonds is 9. The van der Waals surface area contributed by atoms with Crippen molar-refractivity contribution in [1.82, 2.24) is 15.5 Å². The number of piperidine rings is 1. The van der Waals surface area contributed by atoms with Gasteiger partial charge in [0.1, 0.15) is 17.7 Å². The molecule has 0 aromatic rings. The van der Waals surface area contributed by atoms with Crippen molar-refractivity contribution in [3.8, 4) is 0 Å². The molecule has 7 atom stereocenters. The molecule has 4 saturated carbocycles. The Bertz CT molecular complexity index is 1080. The number of likely N-dealkylation sites (tertiary alicyclic amines) is 1. The molecule has 4 N–H and O–H groups in total. The first-order valence-corrected chi connectivity index (χ1v) is 15.6. The molecule has 1 aliphatic heterocycles. The summed E-state index contributed by atoms with van der Waals surface area (Å²) in [4.78, 5) is 67.2. The number of fused-ring (bicyclic) bond motifs is 2. The van der Waals surface area contributed by atoms with Crippen LogP contribution in [0, 0.1) is 40.9 Å². The van der Waals surface area contributed by atoms with Gasteiger partial charge in [0.25, 0.3) is 5.91 Å². The van der Waals surface area contributed by atoms with Crippen LogP contribution in [-0.2, 0) is 23.9 Å². The van der Waals surface area contributed by atoms with Gasteiger partial charge in [0.05, 0.1) is 6.04 Å². The van der Waals surface area contributed by atoms with Gasteiger partial charge >= 0.3 is 6.09 Å². The number of hydrogen-bond donors (Lipinski definition) is 3. The summed E-state index contributed by atoms with van der Waals surface area (Å²) in [5.74, 6) is -1.12. The molecule has 4 aliphatic carbocycles. The highest BCUT2D eigenvalue weighted by Gasteiger charge is 2.70. The number of nitrogens with one attached hydrogen (secondary N) is 2. The Morgan fingerprint density at radius 2 is 1.59 bits per heavy atom. The SMILES string of the molecule is CC(C)(C)OC(=O)N[C@H](C(=O)N1CC2C([C@H]1C(=O)NC(CC1CC1)C(=O)C(N)=O)C2(C)C)C1CC2CCCCC2C1. The van der Waals surface area contributed by atoms with Gasteiger partial charge in [0, 0.05) is 6.54 Å². The van der Waals surface area contributed by atoms with Crippen LogP contribution in [0.25, 0.3) is 0 Å². The van der Waals surface area contributed by atoms with Crippen LogP contribution < -0.4 is 16.4 Å². The highest BCUT2D eigenvalue weighted by Crippen LogP contribution is 2.65. The zero-order valence-corrected chi connectivity index (χ0v) is 25.2. The second-order valence-electron chi connectivity index (χ2n) is 15.0. The second-order valence-corrected chi connectivity index (χ2v) is 15.0. The minimum atomic E-state index is -1.07. The van der Waals surface area contributed by atoms with E-state index in [1.807, 2.05) is 0 Å². The smallest absolute Gasteiger partial charge is 0.408 e. The quantitative estimate of drug-likeness (QED) is 0.362. The number of ketones is 1. The molecular formula is C31H48N4O6. The van der Waals surface area contributed by atoms with E-state index in [0.717, 1.165) is 38.5 Å². The summed E-state index contributed by atoms with van der Waals surface area (Å²) in [6, 6.07) is -2.56. The summed E-state index contributed by atoms with van der Waals surface area (Å²) in [6.45, 7) is 9.97. The van der Waals surface area contributed by atoms with Crippen LogP contribution in [0.5, 0.6) is 0 Å². The fraction of sp³-hybridized carbons (Fsp3) is 0.839. The lowest BCUT2D eigenvalue weighted by Gasteiger charge is -2.35. The van der Waals surface area contributed by atoms with E-state index in [1.54, 1.807) is 25.7 Å².